The lowest BCUT2D eigenvalue weighted by Gasteiger charge is -2.30. The summed E-state index contributed by atoms with van der Waals surface area (Å²) >= 11 is 6.06. The Kier molecular flexibility index (Phi) is 4.76. The Morgan fingerprint density at radius 1 is 1.20 bits per heavy atom. The molecule has 4 heteroatoms. The molecule has 1 aromatic heterocycles. The first-order valence-electron chi connectivity index (χ1n) is 6.56. The van der Waals surface area contributed by atoms with Crippen LogP contribution in [0.2, 0.25) is 5.02 Å². The number of rotatable bonds is 5. The van der Waals surface area contributed by atoms with Gasteiger partial charge in [0.25, 0.3) is 0 Å². The van der Waals surface area contributed by atoms with Crippen molar-refractivity contribution in [3.8, 4) is 0 Å². The van der Waals surface area contributed by atoms with Gasteiger partial charge in [0.15, 0.2) is 0 Å². The second kappa shape index (κ2) is 6.35. The zero-order chi connectivity index (χ0) is 14.6. The molecule has 0 aliphatic heterocycles. The van der Waals surface area contributed by atoms with Gasteiger partial charge in [0, 0.05) is 29.5 Å². The van der Waals surface area contributed by atoms with Crippen LogP contribution in [0.15, 0.2) is 48.8 Å². The zero-order valence-corrected chi connectivity index (χ0v) is 12.5. The standard InChI is InChI=1S/C16H19ClN2O/c1-19(2)10-8-16(20,14-6-4-9-18-12-14)13-5-3-7-15(17)11-13/h3-7,9,11-12,20H,8,10H2,1-2H3. The van der Waals surface area contributed by atoms with Crippen molar-refractivity contribution >= 4 is 11.6 Å². The molecule has 20 heavy (non-hydrogen) atoms. The fourth-order valence-electron chi connectivity index (χ4n) is 2.19. The summed E-state index contributed by atoms with van der Waals surface area (Å²) in [5.41, 5.74) is 0.493. The minimum absolute atomic E-state index is 0.575. The Morgan fingerprint density at radius 3 is 2.55 bits per heavy atom. The third kappa shape index (κ3) is 3.37. The summed E-state index contributed by atoms with van der Waals surface area (Å²) in [6.45, 7) is 0.762. The lowest BCUT2D eigenvalue weighted by Crippen LogP contribution is -2.32. The van der Waals surface area contributed by atoms with Crippen molar-refractivity contribution < 1.29 is 5.11 Å². The van der Waals surface area contributed by atoms with Gasteiger partial charge in [-0.1, -0.05) is 29.8 Å². The van der Waals surface area contributed by atoms with E-state index in [-0.39, 0.29) is 0 Å². The highest BCUT2D eigenvalue weighted by atomic mass is 35.5. The van der Waals surface area contributed by atoms with Crippen molar-refractivity contribution in [1.82, 2.24) is 9.88 Å². The van der Waals surface area contributed by atoms with E-state index in [4.69, 9.17) is 11.6 Å². The van der Waals surface area contributed by atoms with Crippen LogP contribution in [0.25, 0.3) is 0 Å². The molecule has 2 rings (SSSR count). The summed E-state index contributed by atoms with van der Waals surface area (Å²) in [4.78, 5) is 6.17. The first-order chi connectivity index (χ1) is 9.52. The Hall–Kier alpha value is -1.42. The van der Waals surface area contributed by atoms with Gasteiger partial charge >= 0.3 is 0 Å². The van der Waals surface area contributed by atoms with Crippen LogP contribution in [0.4, 0.5) is 0 Å². The van der Waals surface area contributed by atoms with Crippen molar-refractivity contribution in [3.63, 3.8) is 0 Å². The zero-order valence-electron chi connectivity index (χ0n) is 11.8. The third-order valence-corrected chi connectivity index (χ3v) is 3.60. The van der Waals surface area contributed by atoms with E-state index in [2.05, 4.69) is 4.98 Å². The summed E-state index contributed by atoms with van der Waals surface area (Å²) in [5.74, 6) is 0. The largest absolute Gasteiger partial charge is 0.380 e. The van der Waals surface area contributed by atoms with Crippen molar-refractivity contribution in [2.24, 2.45) is 0 Å². The minimum atomic E-state index is -1.08. The topological polar surface area (TPSA) is 36.4 Å². The van der Waals surface area contributed by atoms with E-state index in [9.17, 15) is 5.11 Å². The van der Waals surface area contributed by atoms with Crippen molar-refractivity contribution in [2.75, 3.05) is 20.6 Å². The summed E-state index contributed by atoms with van der Waals surface area (Å²) in [6, 6.07) is 11.1. The summed E-state index contributed by atoms with van der Waals surface area (Å²) in [6.07, 6.45) is 3.98. The molecule has 0 amide bonds. The predicted octanol–water partition coefficient (Wildman–Crippen LogP) is 2.92. The summed E-state index contributed by atoms with van der Waals surface area (Å²) in [5, 5.41) is 11.8. The van der Waals surface area contributed by atoms with Crippen LogP contribution < -0.4 is 0 Å². The second-order valence-corrected chi connectivity index (χ2v) is 5.60. The maximum Gasteiger partial charge on any atom is 0.117 e. The van der Waals surface area contributed by atoms with E-state index >= 15 is 0 Å². The Bertz CT molecular complexity index is 559. The number of nitrogens with zero attached hydrogens (tertiary/aromatic N) is 2. The summed E-state index contributed by atoms with van der Waals surface area (Å²) in [7, 11) is 3.98. The number of hydrogen-bond acceptors (Lipinski definition) is 3. The molecule has 1 atom stereocenters. The van der Waals surface area contributed by atoms with E-state index in [0.717, 1.165) is 17.7 Å². The van der Waals surface area contributed by atoms with Gasteiger partial charge in [0.2, 0.25) is 0 Å². The van der Waals surface area contributed by atoms with E-state index in [1.807, 2.05) is 49.3 Å². The Morgan fingerprint density at radius 2 is 1.95 bits per heavy atom. The molecule has 0 spiro atoms. The van der Waals surface area contributed by atoms with Crippen LogP contribution in [-0.2, 0) is 5.60 Å². The van der Waals surface area contributed by atoms with Crippen LogP contribution in [0, 0.1) is 0 Å². The Labute approximate surface area is 124 Å². The molecule has 1 heterocycles. The molecule has 106 valence electrons. The molecule has 1 unspecified atom stereocenters. The van der Waals surface area contributed by atoms with Crippen LogP contribution in [0.5, 0.6) is 0 Å². The maximum absolute atomic E-state index is 11.2. The van der Waals surface area contributed by atoms with Gasteiger partial charge in [-0.05, 0) is 44.3 Å². The first kappa shape index (κ1) is 15.0. The van der Waals surface area contributed by atoms with Gasteiger partial charge in [-0.2, -0.15) is 0 Å². The quantitative estimate of drug-likeness (QED) is 0.920. The number of halogens is 1. The van der Waals surface area contributed by atoms with Crippen molar-refractivity contribution in [3.05, 3.63) is 64.9 Å². The van der Waals surface area contributed by atoms with E-state index in [0.29, 0.717) is 11.4 Å². The predicted molar refractivity (Wildman–Crippen MR) is 81.9 cm³/mol. The molecule has 3 nitrogen and oxygen atoms in total. The van der Waals surface area contributed by atoms with Crippen LogP contribution >= 0.6 is 11.6 Å². The fraction of sp³-hybridized carbons (Fsp3) is 0.312. The average molecular weight is 291 g/mol. The van der Waals surface area contributed by atoms with Gasteiger partial charge < -0.3 is 10.0 Å². The molecule has 1 aromatic carbocycles. The van der Waals surface area contributed by atoms with Gasteiger partial charge in [-0.25, -0.2) is 0 Å². The Balaban J connectivity index is 2.43. The minimum Gasteiger partial charge on any atom is -0.380 e. The lowest BCUT2D eigenvalue weighted by atomic mass is 9.84. The molecule has 0 fully saturated rings. The highest BCUT2D eigenvalue weighted by Crippen LogP contribution is 2.33. The molecular weight excluding hydrogens is 272 g/mol. The summed E-state index contributed by atoms with van der Waals surface area (Å²) < 4.78 is 0. The van der Waals surface area contributed by atoms with Crippen LogP contribution in [0.1, 0.15) is 17.5 Å². The van der Waals surface area contributed by atoms with E-state index < -0.39 is 5.60 Å². The molecule has 0 saturated heterocycles. The second-order valence-electron chi connectivity index (χ2n) is 5.17. The van der Waals surface area contributed by atoms with Crippen LogP contribution in [0.3, 0.4) is 0 Å². The molecular formula is C16H19ClN2O. The van der Waals surface area contributed by atoms with Crippen LogP contribution in [-0.4, -0.2) is 35.6 Å². The first-order valence-corrected chi connectivity index (χ1v) is 6.94. The van der Waals surface area contributed by atoms with Gasteiger partial charge in [-0.3, -0.25) is 4.98 Å². The number of aliphatic hydroxyl groups is 1. The van der Waals surface area contributed by atoms with Gasteiger partial charge in [0.05, 0.1) is 0 Å². The van der Waals surface area contributed by atoms with Gasteiger partial charge in [-0.15, -0.1) is 0 Å². The highest BCUT2D eigenvalue weighted by Gasteiger charge is 2.31. The molecule has 2 aromatic rings. The molecule has 0 saturated carbocycles. The van der Waals surface area contributed by atoms with E-state index in [1.54, 1.807) is 18.5 Å². The number of benzene rings is 1. The molecule has 0 aliphatic carbocycles. The molecule has 0 bridgehead atoms. The van der Waals surface area contributed by atoms with E-state index in [1.165, 1.54) is 0 Å². The smallest absolute Gasteiger partial charge is 0.117 e. The van der Waals surface area contributed by atoms with Crippen molar-refractivity contribution in [1.29, 1.82) is 0 Å². The third-order valence-electron chi connectivity index (χ3n) is 3.36. The average Bonchev–Trinajstić information content (AvgIpc) is 2.45. The van der Waals surface area contributed by atoms with Gasteiger partial charge in [0.1, 0.15) is 5.60 Å². The number of aromatic nitrogens is 1. The SMILES string of the molecule is CN(C)CCC(O)(c1cccnc1)c1cccc(Cl)c1. The fourth-order valence-corrected chi connectivity index (χ4v) is 2.38. The van der Waals surface area contributed by atoms with Crippen molar-refractivity contribution in [2.45, 2.75) is 12.0 Å². The lowest BCUT2D eigenvalue weighted by molar-refractivity contribution is 0.0626. The number of hydrogen-bond donors (Lipinski definition) is 1. The highest BCUT2D eigenvalue weighted by molar-refractivity contribution is 6.30. The normalized spacial score (nSPS) is 14.2. The molecule has 1 N–H and O–H groups in total. The maximum atomic E-state index is 11.2. The monoisotopic (exact) mass is 290 g/mol. The molecule has 0 aliphatic rings. The number of pyridine rings is 1. The molecule has 0 radical (unpaired) electrons.